The molecule has 0 saturated carbocycles. The Morgan fingerprint density at radius 2 is 1.49 bits per heavy atom. The van der Waals surface area contributed by atoms with Crippen molar-refractivity contribution in [3.05, 3.63) is 126 Å². The fourth-order valence-electron chi connectivity index (χ4n) is 4.31. The lowest BCUT2D eigenvalue weighted by atomic mass is 9.95. The Balaban J connectivity index is 1.67. The van der Waals surface area contributed by atoms with Crippen molar-refractivity contribution in [3.63, 3.8) is 0 Å². The van der Waals surface area contributed by atoms with Gasteiger partial charge >= 0.3 is 0 Å². The summed E-state index contributed by atoms with van der Waals surface area (Å²) < 4.78 is 24.9. The van der Waals surface area contributed by atoms with Gasteiger partial charge in [0.1, 0.15) is 28.8 Å². The van der Waals surface area contributed by atoms with Crippen LogP contribution in [-0.2, 0) is 9.59 Å². The number of benzene rings is 4. The molecule has 5 rings (SSSR count). The van der Waals surface area contributed by atoms with Crippen LogP contribution in [0.1, 0.15) is 17.2 Å². The molecule has 0 aliphatic carbocycles. The fourth-order valence-corrected chi connectivity index (χ4v) is 4.31. The molecule has 1 N–H and O–H groups in total. The summed E-state index contributed by atoms with van der Waals surface area (Å²) in [6, 6.07) is 27.0. The number of amides is 1. The van der Waals surface area contributed by atoms with Gasteiger partial charge in [-0.15, -0.1) is 0 Å². The van der Waals surface area contributed by atoms with Gasteiger partial charge in [0.15, 0.2) is 0 Å². The van der Waals surface area contributed by atoms with E-state index in [2.05, 4.69) is 0 Å². The predicted octanol–water partition coefficient (Wildman–Crippen LogP) is 6.25. The molecule has 1 fully saturated rings. The number of methoxy groups -OCH3 is 1. The second kappa shape index (κ2) is 9.99. The lowest BCUT2D eigenvalue weighted by Crippen LogP contribution is -2.29. The third kappa shape index (κ3) is 4.67. The number of hydrogen-bond donors (Lipinski definition) is 1. The monoisotopic (exact) mass is 495 g/mol. The largest absolute Gasteiger partial charge is 0.507 e. The van der Waals surface area contributed by atoms with Crippen molar-refractivity contribution in [1.29, 1.82) is 0 Å². The van der Waals surface area contributed by atoms with Crippen molar-refractivity contribution in [3.8, 4) is 17.2 Å². The first-order valence-electron chi connectivity index (χ1n) is 11.5. The summed E-state index contributed by atoms with van der Waals surface area (Å²) in [5, 5.41) is 11.3. The van der Waals surface area contributed by atoms with Crippen LogP contribution in [0, 0.1) is 5.82 Å². The molecule has 37 heavy (non-hydrogen) atoms. The number of halogens is 1. The molecule has 1 amide bonds. The van der Waals surface area contributed by atoms with Gasteiger partial charge in [0, 0.05) is 11.3 Å². The van der Waals surface area contributed by atoms with E-state index < -0.39 is 23.5 Å². The molecular formula is C30H22FNO5. The summed E-state index contributed by atoms with van der Waals surface area (Å²) in [7, 11) is 1.49. The minimum Gasteiger partial charge on any atom is -0.507 e. The molecule has 0 spiro atoms. The van der Waals surface area contributed by atoms with Gasteiger partial charge in [-0.3, -0.25) is 14.5 Å². The Morgan fingerprint density at radius 3 is 2.22 bits per heavy atom. The van der Waals surface area contributed by atoms with Crippen LogP contribution < -0.4 is 14.4 Å². The first-order chi connectivity index (χ1) is 18.0. The van der Waals surface area contributed by atoms with Crippen LogP contribution in [0.15, 0.2) is 109 Å². The maximum absolute atomic E-state index is 13.7. The van der Waals surface area contributed by atoms with Gasteiger partial charge in [-0.1, -0.05) is 42.5 Å². The molecule has 4 aromatic carbocycles. The highest BCUT2D eigenvalue weighted by Gasteiger charge is 2.47. The molecule has 1 aliphatic heterocycles. The number of rotatable bonds is 6. The number of hydrogen-bond acceptors (Lipinski definition) is 5. The van der Waals surface area contributed by atoms with Gasteiger partial charge in [0.25, 0.3) is 11.7 Å². The van der Waals surface area contributed by atoms with E-state index in [0.29, 0.717) is 34.1 Å². The smallest absolute Gasteiger partial charge is 0.300 e. The Hall–Kier alpha value is -4.91. The summed E-state index contributed by atoms with van der Waals surface area (Å²) in [5.41, 5.74) is 1.06. The van der Waals surface area contributed by atoms with E-state index in [-0.39, 0.29) is 11.3 Å². The zero-order chi connectivity index (χ0) is 25.9. The van der Waals surface area contributed by atoms with Gasteiger partial charge in [-0.25, -0.2) is 4.39 Å². The molecule has 1 saturated heterocycles. The van der Waals surface area contributed by atoms with Crippen molar-refractivity contribution in [2.24, 2.45) is 0 Å². The SMILES string of the molecule is COc1cccc(/C(O)=C2/C(=O)C(=O)N(c3ccc(F)cc3)C2c2cccc(Oc3ccccc3)c2)c1. The Labute approximate surface area is 212 Å². The van der Waals surface area contributed by atoms with E-state index in [1.54, 1.807) is 60.7 Å². The van der Waals surface area contributed by atoms with Gasteiger partial charge < -0.3 is 14.6 Å². The molecule has 0 radical (unpaired) electrons. The molecule has 6 nitrogen and oxygen atoms in total. The van der Waals surface area contributed by atoms with Crippen molar-refractivity contribution in [1.82, 2.24) is 0 Å². The Bertz CT molecular complexity index is 1500. The normalized spacial score (nSPS) is 16.6. The number of Topliss-reactive ketones (excluding diaryl/α,β-unsaturated/α-hetero) is 1. The lowest BCUT2D eigenvalue weighted by Gasteiger charge is -2.25. The highest BCUT2D eigenvalue weighted by molar-refractivity contribution is 6.51. The van der Waals surface area contributed by atoms with Gasteiger partial charge in [0.05, 0.1) is 18.7 Å². The Morgan fingerprint density at radius 1 is 0.811 bits per heavy atom. The summed E-state index contributed by atoms with van der Waals surface area (Å²) in [6.07, 6.45) is 0. The number of carbonyl (C=O) groups is 2. The molecule has 184 valence electrons. The lowest BCUT2D eigenvalue weighted by molar-refractivity contribution is -0.132. The number of aliphatic hydroxyl groups is 1. The van der Waals surface area contributed by atoms with E-state index in [1.165, 1.54) is 36.3 Å². The van der Waals surface area contributed by atoms with E-state index >= 15 is 0 Å². The quantitative estimate of drug-likeness (QED) is 0.194. The first kappa shape index (κ1) is 23.8. The molecule has 1 heterocycles. The topological polar surface area (TPSA) is 76.1 Å². The van der Waals surface area contributed by atoms with Crippen molar-refractivity contribution < 1.29 is 28.6 Å². The maximum atomic E-state index is 13.7. The van der Waals surface area contributed by atoms with Crippen LogP contribution in [0.25, 0.3) is 5.76 Å². The second-order valence-corrected chi connectivity index (χ2v) is 8.37. The number of ether oxygens (including phenoxy) is 2. The number of carbonyl (C=O) groups excluding carboxylic acids is 2. The standard InChI is InChI=1S/C30H22FNO5/c1-36-24-11-6-8-20(18-24)28(33)26-27(32(30(35)29(26)34)22-15-13-21(31)14-16-22)19-7-5-12-25(17-19)37-23-9-3-2-4-10-23/h2-18,27,33H,1H3/b28-26-. The molecule has 7 heteroatoms. The summed E-state index contributed by atoms with van der Waals surface area (Å²) in [5.74, 6) is -0.947. The zero-order valence-electron chi connectivity index (χ0n) is 19.8. The Kier molecular flexibility index (Phi) is 6.43. The van der Waals surface area contributed by atoms with Crippen LogP contribution in [0.2, 0.25) is 0 Å². The average molecular weight is 496 g/mol. The summed E-state index contributed by atoms with van der Waals surface area (Å²) >= 11 is 0. The minimum absolute atomic E-state index is 0.0977. The first-order valence-corrected chi connectivity index (χ1v) is 11.5. The number of para-hydroxylation sites is 1. The average Bonchev–Trinajstić information content (AvgIpc) is 3.19. The van der Waals surface area contributed by atoms with Crippen LogP contribution in [-0.4, -0.2) is 23.9 Å². The van der Waals surface area contributed by atoms with Crippen LogP contribution in [0.3, 0.4) is 0 Å². The summed E-state index contributed by atoms with van der Waals surface area (Å²) in [6.45, 7) is 0. The van der Waals surface area contributed by atoms with Crippen molar-refractivity contribution in [2.75, 3.05) is 12.0 Å². The molecule has 1 unspecified atom stereocenters. The molecule has 0 bridgehead atoms. The third-order valence-electron chi connectivity index (χ3n) is 6.05. The number of aliphatic hydroxyl groups excluding tert-OH is 1. The van der Waals surface area contributed by atoms with E-state index in [1.807, 2.05) is 18.2 Å². The molecule has 4 aromatic rings. The van der Waals surface area contributed by atoms with Gasteiger partial charge in [-0.05, 0) is 66.2 Å². The van der Waals surface area contributed by atoms with Gasteiger partial charge in [-0.2, -0.15) is 0 Å². The van der Waals surface area contributed by atoms with E-state index in [9.17, 15) is 19.1 Å². The fraction of sp³-hybridized carbons (Fsp3) is 0.0667. The summed E-state index contributed by atoms with van der Waals surface area (Å²) in [4.78, 5) is 27.9. The zero-order valence-corrected chi connectivity index (χ0v) is 19.8. The highest BCUT2D eigenvalue weighted by Crippen LogP contribution is 2.43. The van der Waals surface area contributed by atoms with Crippen molar-refractivity contribution >= 4 is 23.1 Å². The molecule has 1 atom stereocenters. The molecule has 0 aromatic heterocycles. The molecular weight excluding hydrogens is 473 g/mol. The maximum Gasteiger partial charge on any atom is 0.300 e. The number of anilines is 1. The van der Waals surface area contributed by atoms with E-state index in [4.69, 9.17) is 9.47 Å². The van der Waals surface area contributed by atoms with Crippen molar-refractivity contribution in [2.45, 2.75) is 6.04 Å². The minimum atomic E-state index is -0.990. The number of ketones is 1. The predicted molar refractivity (Wildman–Crippen MR) is 137 cm³/mol. The van der Waals surface area contributed by atoms with Gasteiger partial charge in [0.2, 0.25) is 0 Å². The number of nitrogens with zero attached hydrogens (tertiary/aromatic N) is 1. The third-order valence-corrected chi connectivity index (χ3v) is 6.05. The van der Waals surface area contributed by atoms with Crippen LogP contribution in [0.4, 0.5) is 10.1 Å². The highest BCUT2D eigenvalue weighted by atomic mass is 19.1. The van der Waals surface area contributed by atoms with Crippen LogP contribution >= 0.6 is 0 Å². The van der Waals surface area contributed by atoms with Crippen LogP contribution in [0.5, 0.6) is 17.2 Å². The second-order valence-electron chi connectivity index (χ2n) is 8.37. The molecule has 1 aliphatic rings. The van der Waals surface area contributed by atoms with E-state index in [0.717, 1.165) is 0 Å².